The number of nitrogens with one attached hydrogen (secondary N) is 2. The first-order valence-corrected chi connectivity index (χ1v) is 11.0. The first-order chi connectivity index (χ1) is 15.9. The monoisotopic (exact) mass is 461 g/mol. The van der Waals surface area contributed by atoms with Gasteiger partial charge < -0.3 is 5.32 Å². The quantitative estimate of drug-likeness (QED) is 0.397. The third-order valence-corrected chi connectivity index (χ3v) is 4.87. The van der Waals surface area contributed by atoms with Gasteiger partial charge in [0, 0.05) is 12.3 Å². The maximum Gasteiger partial charge on any atom is 0.295 e. The summed E-state index contributed by atoms with van der Waals surface area (Å²) in [5, 5.41) is 23.1. The summed E-state index contributed by atoms with van der Waals surface area (Å²) in [6, 6.07) is 14.3. The molecule has 0 atom stereocenters. The molecule has 1 aromatic heterocycles. The molecular weight excluding hydrogens is 430 g/mol. The van der Waals surface area contributed by atoms with E-state index in [1.54, 1.807) is 22.9 Å². The molecule has 0 aliphatic heterocycles. The number of azo groups is 2. The molecule has 2 N–H and O–H groups in total. The first kappa shape index (κ1) is 24.8. The molecule has 1 amide bonds. The fraction of sp³-hybridized carbons (Fsp3) is 0.360. The molecule has 0 bridgehead atoms. The number of nitrogens with zero attached hydrogens (tertiary/aromatic N) is 5. The van der Waals surface area contributed by atoms with E-state index in [-0.39, 0.29) is 22.6 Å². The highest BCUT2D eigenvalue weighted by Crippen LogP contribution is 2.33. The van der Waals surface area contributed by atoms with Gasteiger partial charge in [-0.1, -0.05) is 39.0 Å². The SMILES string of the molecule is CC(=O)Nc1cc(N=Nc2c(C(C)(C)C)[nH]n(C(C)(C)C)c2=O)ccc1N=Nc1ccccc1. The van der Waals surface area contributed by atoms with Gasteiger partial charge in [0.1, 0.15) is 5.69 Å². The van der Waals surface area contributed by atoms with Crippen molar-refractivity contribution in [1.82, 2.24) is 9.78 Å². The van der Waals surface area contributed by atoms with Crippen molar-refractivity contribution in [3.63, 3.8) is 0 Å². The second kappa shape index (κ2) is 9.54. The summed E-state index contributed by atoms with van der Waals surface area (Å²) >= 11 is 0. The van der Waals surface area contributed by atoms with Crippen molar-refractivity contribution in [2.24, 2.45) is 20.5 Å². The predicted molar refractivity (Wildman–Crippen MR) is 134 cm³/mol. The molecular formula is C25H31N7O2. The Bertz CT molecular complexity index is 1290. The van der Waals surface area contributed by atoms with Crippen molar-refractivity contribution in [3.8, 4) is 0 Å². The standard InChI is InChI=1S/C25H31N7O2/c1-16(33)26-20-15-18(13-14-19(20)29-27-17-11-9-8-10-12-17)28-30-21-22(24(2,3)4)31-32(23(21)34)25(5,6)7/h8-15,31H,1-7H3,(H,26,33). The molecule has 0 radical (unpaired) electrons. The van der Waals surface area contributed by atoms with Crippen LogP contribution in [0.15, 0.2) is 73.8 Å². The third-order valence-electron chi connectivity index (χ3n) is 4.87. The van der Waals surface area contributed by atoms with Crippen molar-refractivity contribution in [2.75, 3.05) is 5.32 Å². The number of carbonyl (C=O) groups excluding carboxylic acids is 1. The van der Waals surface area contributed by atoms with Crippen molar-refractivity contribution >= 4 is 34.3 Å². The fourth-order valence-electron chi connectivity index (χ4n) is 3.19. The number of aromatic amines is 1. The molecule has 0 unspecified atom stereocenters. The zero-order valence-electron chi connectivity index (χ0n) is 20.7. The summed E-state index contributed by atoms with van der Waals surface area (Å²) in [6.45, 7) is 13.3. The lowest BCUT2D eigenvalue weighted by Crippen LogP contribution is -2.32. The molecule has 9 heteroatoms. The zero-order chi connectivity index (χ0) is 25.1. The molecule has 0 saturated heterocycles. The van der Waals surface area contributed by atoms with E-state index in [0.29, 0.717) is 28.4 Å². The van der Waals surface area contributed by atoms with Gasteiger partial charge in [-0.3, -0.25) is 14.7 Å². The van der Waals surface area contributed by atoms with Crippen molar-refractivity contribution in [2.45, 2.75) is 59.4 Å². The van der Waals surface area contributed by atoms with Crippen LogP contribution >= 0.6 is 0 Å². The van der Waals surface area contributed by atoms with E-state index in [1.807, 2.05) is 71.9 Å². The average molecular weight is 462 g/mol. The van der Waals surface area contributed by atoms with E-state index in [1.165, 1.54) is 6.92 Å². The predicted octanol–water partition coefficient (Wildman–Crippen LogP) is 7.02. The van der Waals surface area contributed by atoms with Crippen LogP contribution in [0.2, 0.25) is 0 Å². The Morgan fingerprint density at radius 1 is 0.882 bits per heavy atom. The van der Waals surface area contributed by atoms with Gasteiger partial charge in [0.15, 0.2) is 5.69 Å². The van der Waals surface area contributed by atoms with Crippen LogP contribution in [0.5, 0.6) is 0 Å². The van der Waals surface area contributed by atoms with E-state index >= 15 is 0 Å². The second-order valence-electron chi connectivity index (χ2n) is 10.0. The number of benzene rings is 2. The number of hydrogen-bond acceptors (Lipinski definition) is 6. The normalized spacial score (nSPS) is 12.6. The first-order valence-electron chi connectivity index (χ1n) is 11.0. The zero-order valence-corrected chi connectivity index (χ0v) is 20.7. The molecule has 0 spiro atoms. The summed E-state index contributed by atoms with van der Waals surface area (Å²) in [4.78, 5) is 24.8. The van der Waals surface area contributed by atoms with E-state index < -0.39 is 5.54 Å². The van der Waals surface area contributed by atoms with Gasteiger partial charge in [-0.25, -0.2) is 4.68 Å². The summed E-state index contributed by atoms with van der Waals surface area (Å²) < 4.78 is 1.57. The molecule has 0 fully saturated rings. The van der Waals surface area contributed by atoms with Crippen LogP contribution in [-0.4, -0.2) is 15.7 Å². The molecule has 34 heavy (non-hydrogen) atoms. The number of aromatic nitrogens is 2. The molecule has 1 heterocycles. The Hall–Kier alpha value is -3.88. The van der Waals surface area contributed by atoms with E-state index in [9.17, 15) is 9.59 Å². The maximum atomic E-state index is 13.1. The van der Waals surface area contributed by atoms with Crippen LogP contribution < -0.4 is 10.9 Å². The lowest BCUT2D eigenvalue weighted by molar-refractivity contribution is -0.114. The molecule has 0 aliphatic rings. The Kier molecular flexibility index (Phi) is 6.95. The second-order valence-corrected chi connectivity index (χ2v) is 10.0. The molecule has 2 aromatic carbocycles. The summed E-state index contributed by atoms with van der Waals surface area (Å²) in [5.74, 6) is -0.251. The molecule has 3 rings (SSSR count). The third kappa shape index (κ3) is 5.92. The van der Waals surface area contributed by atoms with E-state index in [2.05, 4.69) is 30.9 Å². The lowest BCUT2D eigenvalue weighted by Gasteiger charge is -2.21. The summed E-state index contributed by atoms with van der Waals surface area (Å²) in [7, 11) is 0. The topological polar surface area (TPSA) is 116 Å². The molecule has 3 aromatic rings. The number of hydrogen-bond donors (Lipinski definition) is 2. The lowest BCUT2D eigenvalue weighted by atomic mass is 9.91. The highest BCUT2D eigenvalue weighted by atomic mass is 16.1. The summed E-state index contributed by atoms with van der Waals surface area (Å²) in [6.07, 6.45) is 0. The minimum atomic E-state index is -0.436. The minimum Gasteiger partial charge on any atom is -0.324 e. The smallest absolute Gasteiger partial charge is 0.295 e. The van der Waals surface area contributed by atoms with Gasteiger partial charge in [0.25, 0.3) is 5.56 Å². The Morgan fingerprint density at radius 2 is 1.53 bits per heavy atom. The van der Waals surface area contributed by atoms with Crippen molar-refractivity contribution < 1.29 is 4.79 Å². The van der Waals surface area contributed by atoms with E-state index in [4.69, 9.17) is 0 Å². The van der Waals surface area contributed by atoms with Gasteiger partial charge in [-0.2, -0.15) is 10.2 Å². The minimum absolute atomic E-state index is 0.239. The van der Waals surface area contributed by atoms with Crippen LogP contribution in [-0.2, 0) is 15.7 Å². The molecule has 9 nitrogen and oxygen atoms in total. The van der Waals surface area contributed by atoms with Crippen molar-refractivity contribution in [1.29, 1.82) is 0 Å². The number of carbonyl (C=O) groups is 1. The van der Waals surface area contributed by atoms with E-state index in [0.717, 1.165) is 0 Å². The Morgan fingerprint density at radius 3 is 2.12 bits per heavy atom. The fourth-order valence-corrected chi connectivity index (χ4v) is 3.19. The van der Waals surface area contributed by atoms with Crippen LogP contribution in [0.25, 0.3) is 0 Å². The van der Waals surface area contributed by atoms with Crippen LogP contribution in [0.4, 0.5) is 28.4 Å². The molecule has 178 valence electrons. The number of anilines is 1. The van der Waals surface area contributed by atoms with Crippen LogP contribution in [0.1, 0.15) is 54.2 Å². The van der Waals surface area contributed by atoms with Gasteiger partial charge in [-0.15, -0.1) is 10.2 Å². The van der Waals surface area contributed by atoms with Gasteiger partial charge >= 0.3 is 0 Å². The molecule has 0 saturated carbocycles. The van der Waals surface area contributed by atoms with Gasteiger partial charge in [0.05, 0.1) is 28.3 Å². The number of H-pyrrole nitrogens is 1. The highest BCUT2D eigenvalue weighted by Gasteiger charge is 2.28. The largest absolute Gasteiger partial charge is 0.324 e. The number of amides is 1. The van der Waals surface area contributed by atoms with Crippen LogP contribution in [0, 0.1) is 0 Å². The Balaban J connectivity index is 2.01. The summed E-state index contributed by atoms with van der Waals surface area (Å²) in [5.41, 5.74) is 2.02. The molecule has 0 aliphatic carbocycles. The van der Waals surface area contributed by atoms with Gasteiger partial charge in [0.2, 0.25) is 5.91 Å². The van der Waals surface area contributed by atoms with Crippen molar-refractivity contribution in [3.05, 3.63) is 64.6 Å². The van der Waals surface area contributed by atoms with Crippen LogP contribution in [0.3, 0.4) is 0 Å². The average Bonchev–Trinajstić information content (AvgIpc) is 3.09. The van der Waals surface area contributed by atoms with Gasteiger partial charge in [-0.05, 0) is 51.1 Å². The number of rotatable bonds is 5. The maximum absolute atomic E-state index is 13.1. The highest BCUT2D eigenvalue weighted by molar-refractivity contribution is 5.92. The Labute approximate surface area is 199 Å².